The molecule has 0 saturated carbocycles. The maximum absolute atomic E-state index is 13.4. The molecule has 1 fully saturated rings. The van der Waals surface area contributed by atoms with Crippen LogP contribution in [0.25, 0.3) is 0 Å². The molecule has 0 aliphatic carbocycles. The van der Waals surface area contributed by atoms with Crippen molar-refractivity contribution in [3.63, 3.8) is 0 Å². The number of hydrogen-bond acceptors (Lipinski definition) is 6. The molecule has 7 nitrogen and oxygen atoms in total. The first kappa shape index (κ1) is 19.0. The standard InChI is InChI=1S/C19H24FN5O2/c1-13-4-5-15(20)12-16(13)22-18(26)14(2)24-8-10-25(11-9-24)19-21-7-6-17(23-19)27-3/h4-7,12,14H,8-11H2,1-3H3,(H,22,26). The number of nitrogens with one attached hydrogen (secondary N) is 1. The second kappa shape index (κ2) is 8.30. The summed E-state index contributed by atoms with van der Waals surface area (Å²) in [5.74, 6) is 0.646. The predicted octanol–water partition coefficient (Wildman–Crippen LogP) is 2.08. The summed E-state index contributed by atoms with van der Waals surface area (Å²) in [5, 5.41) is 2.83. The van der Waals surface area contributed by atoms with Crippen LogP contribution in [0.5, 0.6) is 5.88 Å². The normalized spacial score (nSPS) is 16.1. The maximum Gasteiger partial charge on any atom is 0.241 e. The number of carbonyl (C=O) groups is 1. The number of rotatable bonds is 5. The Kier molecular flexibility index (Phi) is 5.85. The second-order valence-electron chi connectivity index (χ2n) is 6.55. The van der Waals surface area contributed by atoms with Gasteiger partial charge in [-0.3, -0.25) is 9.69 Å². The zero-order valence-electron chi connectivity index (χ0n) is 15.8. The van der Waals surface area contributed by atoms with Gasteiger partial charge in [0.1, 0.15) is 5.82 Å². The number of aromatic nitrogens is 2. The van der Waals surface area contributed by atoms with Gasteiger partial charge in [0, 0.05) is 44.1 Å². The molecule has 1 aliphatic rings. The van der Waals surface area contributed by atoms with Crippen molar-refractivity contribution in [1.82, 2.24) is 14.9 Å². The second-order valence-corrected chi connectivity index (χ2v) is 6.55. The molecule has 1 aromatic carbocycles. The third-order valence-corrected chi connectivity index (χ3v) is 4.81. The van der Waals surface area contributed by atoms with E-state index in [0.717, 1.165) is 5.56 Å². The summed E-state index contributed by atoms with van der Waals surface area (Å²) in [4.78, 5) is 25.4. The zero-order chi connectivity index (χ0) is 19.4. The van der Waals surface area contributed by atoms with Crippen molar-refractivity contribution in [2.45, 2.75) is 19.9 Å². The summed E-state index contributed by atoms with van der Waals surface area (Å²) < 4.78 is 18.6. The van der Waals surface area contributed by atoms with Gasteiger partial charge in [0.25, 0.3) is 0 Å². The van der Waals surface area contributed by atoms with E-state index in [1.165, 1.54) is 12.1 Å². The van der Waals surface area contributed by atoms with Crippen molar-refractivity contribution in [2.75, 3.05) is 43.5 Å². The Labute approximate surface area is 158 Å². The van der Waals surface area contributed by atoms with Gasteiger partial charge >= 0.3 is 0 Å². The molecule has 3 rings (SSSR count). The van der Waals surface area contributed by atoms with Crippen molar-refractivity contribution >= 4 is 17.5 Å². The van der Waals surface area contributed by atoms with Gasteiger partial charge in [0.2, 0.25) is 17.7 Å². The highest BCUT2D eigenvalue weighted by Gasteiger charge is 2.27. The van der Waals surface area contributed by atoms with Gasteiger partial charge in [-0.25, -0.2) is 9.37 Å². The van der Waals surface area contributed by atoms with Crippen molar-refractivity contribution in [3.05, 3.63) is 41.8 Å². The Morgan fingerprint density at radius 2 is 2.00 bits per heavy atom. The highest BCUT2D eigenvalue weighted by Crippen LogP contribution is 2.18. The third kappa shape index (κ3) is 4.51. The highest BCUT2D eigenvalue weighted by molar-refractivity contribution is 5.95. The number of nitrogens with zero attached hydrogens (tertiary/aromatic N) is 4. The van der Waals surface area contributed by atoms with Crippen LogP contribution in [-0.4, -0.2) is 60.1 Å². The lowest BCUT2D eigenvalue weighted by Gasteiger charge is -2.37. The fraction of sp³-hybridized carbons (Fsp3) is 0.421. The van der Waals surface area contributed by atoms with E-state index in [2.05, 4.69) is 25.1 Å². The summed E-state index contributed by atoms with van der Waals surface area (Å²) in [6, 6.07) is 5.77. The number of halogens is 1. The fourth-order valence-corrected chi connectivity index (χ4v) is 3.04. The van der Waals surface area contributed by atoms with E-state index >= 15 is 0 Å². The summed E-state index contributed by atoms with van der Waals surface area (Å²) in [6.45, 7) is 6.54. The van der Waals surface area contributed by atoms with Crippen molar-refractivity contribution < 1.29 is 13.9 Å². The van der Waals surface area contributed by atoms with E-state index in [4.69, 9.17) is 4.74 Å². The molecule has 144 valence electrons. The molecule has 1 amide bonds. The Balaban J connectivity index is 1.58. The van der Waals surface area contributed by atoms with Crippen LogP contribution >= 0.6 is 0 Å². The molecule has 1 unspecified atom stereocenters. The van der Waals surface area contributed by atoms with E-state index < -0.39 is 0 Å². The number of methoxy groups -OCH3 is 1. The van der Waals surface area contributed by atoms with Crippen LogP contribution in [0, 0.1) is 12.7 Å². The Morgan fingerprint density at radius 1 is 1.26 bits per heavy atom. The zero-order valence-corrected chi connectivity index (χ0v) is 15.8. The van der Waals surface area contributed by atoms with E-state index in [-0.39, 0.29) is 17.8 Å². The SMILES string of the molecule is COc1ccnc(N2CCN(C(C)C(=O)Nc3cc(F)ccc3C)CC2)n1. The van der Waals surface area contributed by atoms with Crippen LogP contribution in [0.1, 0.15) is 12.5 Å². The molecule has 1 saturated heterocycles. The van der Waals surface area contributed by atoms with Gasteiger partial charge in [-0.1, -0.05) is 6.07 Å². The van der Waals surface area contributed by atoms with Gasteiger partial charge < -0.3 is 15.0 Å². The maximum atomic E-state index is 13.4. The largest absolute Gasteiger partial charge is 0.481 e. The van der Waals surface area contributed by atoms with Crippen LogP contribution < -0.4 is 15.0 Å². The quantitative estimate of drug-likeness (QED) is 0.865. The van der Waals surface area contributed by atoms with E-state index in [1.54, 1.807) is 25.4 Å². The first-order valence-electron chi connectivity index (χ1n) is 8.91. The molecule has 0 spiro atoms. The molecular formula is C19H24FN5O2. The number of aryl methyl sites for hydroxylation is 1. The molecule has 8 heteroatoms. The lowest BCUT2D eigenvalue weighted by Crippen LogP contribution is -2.53. The molecule has 1 aromatic heterocycles. The summed E-state index contributed by atoms with van der Waals surface area (Å²) in [7, 11) is 1.57. The number of anilines is 2. The molecule has 2 heterocycles. The third-order valence-electron chi connectivity index (χ3n) is 4.81. The number of amides is 1. The molecule has 1 atom stereocenters. The van der Waals surface area contributed by atoms with E-state index in [0.29, 0.717) is 43.7 Å². The average molecular weight is 373 g/mol. The van der Waals surface area contributed by atoms with Crippen LogP contribution in [0.15, 0.2) is 30.5 Å². The molecule has 0 bridgehead atoms. The molecule has 1 aliphatic heterocycles. The van der Waals surface area contributed by atoms with E-state index in [1.807, 2.05) is 13.8 Å². The van der Waals surface area contributed by atoms with Crippen molar-refractivity contribution in [2.24, 2.45) is 0 Å². The number of piperazine rings is 1. The smallest absolute Gasteiger partial charge is 0.241 e. The molecule has 27 heavy (non-hydrogen) atoms. The molecule has 2 aromatic rings. The van der Waals surface area contributed by atoms with E-state index in [9.17, 15) is 9.18 Å². The van der Waals surface area contributed by atoms with Gasteiger partial charge in [0.15, 0.2) is 0 Å². The van der Waals surface area contributed by atoms with Crippen LogP contribution in [-0.2, 0) is 4.79 Å². The fourth-order valence-electron chi connectivity index (χ4n) is 3.04. The summed E-state index contributed by atoms with van der Waals surface area (Å²) in [6.07, 6.45) is 1.67. The number of benzene rings is 1. The Bertz CT molecular complexity index is 808. The van der Waals surface area contributed by atoms with Crippen LogP contribution in [0.2, 0.25) is 0 Å². The van der Waals surface area contributed by atoms with Crippen molar-refractivity contribution in [3.8, 4) is 5.88 Å². The Hall–Kier alpha value is -2.74. The van der Waals surface area contributed by atoms with Crippen LogP contribution in [0.4, 0.5) is 16.0 Å². The summed E-state index contributed by atoms with van der Waals surface area (Å²) in [5.41, 5.74) is 1.34. The number of carbonyl (C=O) groups excluding carboxylic acids is 1. The highest BCUT2D eigenvalue weighted by atomic mass is 19.1. The lowest BCUT2D eigenvalue weighted by atomic mass is 10.1. The van der Waals surface area contributed by atoms with Gasteiger partial charge in [0.05, 0.1) is 13.2 Å². The van der Waals surface area contributed by atoms with Gasteiger partial charge in [-0.05, 0) is 31.5 Å². The summed E-state index contributed by atoms with van der Waals surface area (Å²) >= 11 is 0. The first-order valence-corrected chi connectivity index (χ1v) is 8.91. The lowest BCUT2D eigenvalue weighted by molar-refractivity contribution is -0.120. The van der Waals surface area contributed by atoms with Crippen molar-refractivity contribution in [1.29, 1.82) is 0 Å². The molecule has 0 radical (unpaired) electrons. The topological polar surface area (TPSA) is 70.6 Å². The predicted molar refractivity (Wildman–Crippen MR) is 102 cm³/mol. The monoisotopic (exact) mass is 373 g/mol. The number of ether oxygens (including phenoxy) is 1. The minimum atomic E-state index is -0.365. The average Bonchev–Trinajstić information content (AvgIpc) is 2.70. The minimum Gasteiger partial charge on any atom is -0.481 e. The molecule has 1 N–H and O–H groups in total. The number of hydrogen-bond donors (Lipinski definition) is 1. The minimum absolute atomic E-state index is 0.144. The first-order chi connectivity index (χ1) is 13.0. The van der Waals surface area contributed by atoms with Crippen LogP contribution in [0.3, 0.4) is 0 Å². The van der Waals surface area contributed by atoms with Gasteiger partial charge in [-0.2, -0.15) is 4.98 Å². The molecular weight excluding hydrogens is 349 g/mol. The van der Waals surface area contributed by atoms with Gasteiger partial charge in [-0.15, -0.1) is 0 Å². The Morgan fingerprint density at radius 3 is 2.70 bits per heavy atom.